The third-order valence-corrected chi connectivity index (χ3v) is 2.73. The minimum atomic E-state index is 0.514. The summed E-state index contributed by atoms with van der Waals surface area (Å²) in [4.78, 5) is 0. The fraction of sp³-hybridized carbons (Fsp3) is 0.200. The molecule has 0 aromatic heterocycles. The van der Waals surface area contributed by atoms with Crippen molar-refractivity contribution in [2.24, 2.45) is 5.92 Å². The van der Waals surface area contributed by atoms with E-state index in [0.717, 1.165) is 0 Å². The van der Waals surface area contributed by atoms with E-state index in [2.05, 4.69) is 54.7 Å². The third kappa shape index (κ3) is 1.68. The molecule has 0 radical (unpaired) electrons. The van der Waals surface area contributed by atoms with Crippen molar-refractivity contribution in [1.29, 1.82) is 0 Å². The highest BCUT2D eigenvalue weighted by atomic mass is 14.3. The van der Waals surface area contributed by atoms with Gasteiger partial charge in [-0.2, -0.15) is 0 Å². The van der Waals surface area contributed by atoms with E-state index in [1.165, 1.54) is 16.7 Å². The largest absolute Gasteiger partial charge is 0.0683 e. The molecule has 0 N–H and O–H groups in total. The van der Waals surface area contributed by atoms with Crippen molar-refractivity contribution in [3.8, 4) is 0 Å². The Morgan fingerprint density at radius 1 is 0.667 bits per heavy atom. The van der Waals surface area contributed by atoms with Crippen LogP contribution in [0.1, 0.15) is 13.8 Å². The topological polar surface area (TPSA) is 0 Å². The average molecular weight is 196 g/mol. The molecule has 0 heteroatoms. The number of hydrogen-bond acceptors (Lipinski definition) is 0. The molecule has 0 amide bonds. The van der Waals surface area contributed by atoms with Gasteiger partial charge in [0.25, 0.3) is 0 Å². The summed E-state index contributed by atoms with van der Waals surface area (Å²) in [6, 6.07) is 0. The lowest BCUT2D eigenvalue weighted by atomic mass is 9.76. The van der Waals surface area contributed by atoms with Crippen molar-refractivity contribution in [2.45, 2.75) is 13.8 Å². The fourth-order valence-corrected chi connectivity index (χ4v) is 2.13. The minimum Gasteiger partial charge on any atom is -0.0683 e. The van der Waals surface area contributed by atoms with Crippen LogP contribution >= 0.6 is 0 Å². The minimum absolute atomic E-state index is 0.514. The molecule has 15 heavy (non-hydrogen) atoms. The molecule has 0 spiro atoms. The first kappa shape index (κ1) is 9.97. The summed E-state index contributed by atoms with van der Waals surface area (Å²) in [5, 5.41) is 0. The van der Waals surface area contributed by atoms with Crippen LogP contribution in [0.3, 0.4) is 0 Å². The smallest absolute Gasteiger partial charge is 0.0339 e. The SMILES string of the molecule is C1=CC2=CC=CC3=CC=CC(=C1)C23.CC. The van der Waals surface area contributed by atoms with Crippen molar-refractivity contribution in [1.82, 2.24) is 0 Å². The van der Waals surface area contributed by atoms with Gasteiger partial charge < -0.3 is 0 Å². The molecule has 0 bridgehead atoms. The van der Waals surface area contributed by atoms with Gasteiger partial charge in [-0.05, 0) is 16.7 Å². The van der Waals surface area contributed by atoms with E-state index in [1.54, 1.807) is 0 Å². The lowest BCUT2D eigenvalue weighted by molar-refractivity contribution is 0.878. The van der Waals surface area contributed by atoms with Crippen LogP contribution in [0, 0.1) is 5.92 Å². The summed E-state index contributed by atoms with van der Waals surface area (Å²) < 4.78 is 0. The molecule has 0 heterocycles. The van der Waals surface area contributed by atoms with Crippen LogP contribution in [0.2, 0.25) is 0 Å². The van der Waals surface area contributed by atoms with E-state index in [4.69, 9.17) is 0 Å². The molecule has 3 aliphatic rings. The molecule has 0 fully saturated rings. The Morgan fingerprint density at radius 2 is 1.00 bits per heavy atom. The van der Waals surface area contributed by atoms with Gasteiger partial charge in [0.2, 0.25) is 0 Å². The lowest BCUT2D eigenvalue weighted by Gasteiger charge is -2.27. The van der Waals surface area contributed by atoms with Crippen LogP contribution < -0.4 is 0 Å². The molecule has 0 aromatic rings. The van der Waals surface area contributed by atoms with E-state index in [-0.39, 0.29) is 0 Å². The highest BCUT2D eigenvalue weighted by Crippen LogP contribution is 2.37. The number of rotatable bonds is 0. The van der Waals surface area contributed by atoms with Gasteiger partial charge in [-0.15, -0.1) is 0 Å². The summed E-state index contributed by atoms with van der Waals surface area (Å²) in [6.45, 7) is 4.00. The number of hydrogen-bond donors (Lipinski definition) is 0. The summed E-state index contributed by atoms with van der Waals surface area (Å²) >= 11 is 0. The monoisotopic (exact) mass is 196 g/mol. The first-order valence-electron chi connectivity index (χ1n) is 5.60. The van der Waals surface area contributed by atoms with Crippen LogP contribution in [0.5, 0.6) is 0 Å². The van der Waals surface area contributed by atoms with E-state index >= 15 is 0 Å². The van der Waals surface area contributed by atoms with Gasteiger partial charge in [0.1, 0.15) is 0 Å². The molecule has 0 nitrogen and oxygen atoms in total. The molecule has 76 valence electrons. The maximum absolute atomic E-state index is 2.20. The first-order valence-corrected chi connectivity index (χ1v) is 5.60. The highest BCUT2D eigenvalue weighted by molar-refractivity contribution is 5.57. The fourth-order valence-electron chi connectivity index (χ4n) is 2.13. The zero-order valence-corrected chi connectivity index (χ0v) is 9.27. The van der Waals surface area contributed by atoms with E-state index in [1.807, 2.05) is 13.8 Å². The third-order valence-electron chi connectivity index (χ3n) is 2.73. The van der Waals surface area contributed by atoms with Crippen molar-refractivity contribution >= 4 is 0 Å². The van der Waals surface area contributed by atoms with Gasteiger partial charge in [0, 0.05) is 5.92 Å². The molecular formula is C15H16. The first-order chi connectivity index (χ1) is 7.45. The Balaban J connectivity index is 0.000000404. The Morgan fingerprint density at radius 3 is 1.33 bits per heavy atom. The van der Waals surface area contributed by atoms with Gasteiger partial charge in [0.15, 0.2) is 0 Å². The van der Waals surface area contributed by atoms with Crippen molar-refractivity contribution in [3.05, 3.63) is 71.4 Å². The Hall–Kier alpha value is -1.56. The molecule has 0 atom stereocenters. The average Bonchev–Trinajstić information content (AvgIpc) is 2.33. The Labute approximate surface area is 91.7 Å². The van der Waals surface area contributed by atoms with Gasteiger partial charge in [0.05, 0.1) is 0 Å². The molecule has 0 aromatic carbocycles. The Bertz CT molecular complexity index is 356. The normalized spacial score (nSPS) is 20.8. The predicted octanol–water partition coefficient (Wildman–Crippen LogP) is 4.12. The van der Waals surface area contributed by atoms with Crippen LogP contribution in [-0.4, -0.2) is 0 Å². The standard InChI is InChI=1S/C13H10.C2H6/c1-4-10-6-2-8-12-9-3-7-11(5-1)13(10)12;1-2/h1-9,13H;1-2H3. The molecule has 0 aliphatic heterocycles. The zero-order chi connectivity index (χ0) is 10.7. The lowest BCUT2D eigenvalue weighted by Crippen LogP contribution is -2.13. The predicted molar refractivity (Wildman–Crippen MR) is 66.5 cm³/mol. The second-order valence-corrected chi connectivity index (χ2v) is 3.51. The maximum atomic E-state index is 2.20. The summed E-state index contributed by atoms with van der Waals surface area (Å²) in [5.74, 6) is 0.514. The number of allylic oxidation sites excluding steroid dienone is 12. The van der Waals surface area contributed by atoms with E-state index < -0.39 is 0 Å². The molecular weight excluding hydrogens is 180 g/mol. The van der Waals surface area contributed by atoms with Crippen molar-refractivity contribution in [3.63, 3.8) is 0 Å². The summed E-state index contributed by atoms with van der Waals surface area (Å²) in [6.07, 6.45) is 19.6. The van der Waals surface area contributed by atoms with Crippen LogP contribution in [0.4, 0.5) is 0 Å². The van der Waals surface area contributed by atoms with Crippen molar-refractivity contribution < 1.29 is 0 Å². The second-order valence-electron chi connectivity index (χ2n) is 3.51. The van der Waals surface area contributed by atoms with Crippen LogP contribution in [-0.2, 0) is 0 Å². The maximum Gasteiger partial charge on any atom is 0.0339 e. The molecule has 3 rings (SSSR count). The van der Waals surface area contributed by atoms with Crippen LogP contribution in [0.15, 0.2) is 71.4 Å². The van der Waals surface area contributed by atoms with Gasteiger partial charge in [-0.25, -0.2) is 0 Å². The highest BCUT2D eigenvalue weighted by Gasteiger charge is 2.23. The zero-order valence-electron chi connectivity index (χ0n) is 9.27. The quantitative estimate of drug-likeness (QED) is 0.546. The van der Waals surface area contributed by atoms with Crippen LogP contribution in [0.25, 0.3) is 0 Å². The van der Waals surface area contributed by atoms with E-state index in [9.17, 15) is 0 Å². The van der Waals surface area contributed by atoms with E-state index in [0.29, 0.717) is 5.92 Å². The molecule has 0 saturated carbocycles. The second kappa shape index (κ2) is 4.31. The van der Waals surface area contributed by atoms with Crippen molar-refractivity contribution in [2.75, 3.05) is 0 Å². The summed E-state index contributed by atoms with van der Waals surface area (Å²) in [5.41, 5.74) is 4.24. The van der Waals surface area contributed by atoms with Gasteiger partial charge in [-0.1, -0.05) is 68.5 Å². The molecule has 0 saturated heterocycles. The van der Waals surface area contributed by atoms with Gasteiger partial charge >= 0.3 is 0 Å². The Kier molecular flexibility index (Phi) is 2.86. The molecule has 0 unspecified atom stereocenters. The summed E-state index contributed by atoms with van der Waals surface area (Å²) in [7, 11) is 0. The van der Waals surface area contributed by atoms with Gasteiger partial charge in [-0.3, -0.25) is 0 Å². The molecule has 3 aliphatic carbocycles.